The Balaban J connectivity index is 2.36. The summed E-state index contributed by atoms with van der Waals surface area (Å²) in [5, 5.41) is 3.38. The molecule has 0 saturated heterocycles. The second-order valence-electron chi connectivity index (χ2n) is 5.54. The highest BCUT2D eigenvalue weighted by molar-refractivity contribution is 5.22. The third-order valence-corrected chi connectivity index (χ3v) is 2.61. The van der Waals surface area contributed by atoms with Crippen LogP contribution in [0.2, 0.25) is 0 Å². The minimum absolute atomic E-state index is 0.662. The highest BCUT2D eigenvalue weighted by atomic mass is 16.5. The summed E-state index contributed by atoms with van der Waals surface area (Å²) in [4.78, 5) is 4.34. The number of aromatic nitrogens is 1. The fourth-order valence-corrected chi connectivity index (χ4v) is 1.54. The number of hydrogen-bond acceptors (Lipinski definition) is 3. The Kier molecular flexibility index (Phi) is 6.73. The largest absolute Gasteiger partial charge is 0.493 e. The quantitative estimate of drug-likeness (QED) is 0.769. The summed E-state index contributed by atoms with van der Waals surface area (Å²) in [6.45, 7) is 11.4. The minimum atomic E-state index is 0.662. The standard InChI is InChI=1S/C15H26N2O/c1-12(2)6-8-18-15-5-7-17-14(9-15)11-16-10-13(3)4/h5,7,9,12-13,16H,6,8,10-11H2,1-4H3. The molecule has 102 valence electrons. The van der Waals surface area contributed by atoms with E-state index >= 15 is 0 Å². The van der Waals surface area contributed by atoms with Crippen molar-refractivity contribution in [2.24, 2.45) is 11.8 Å². The second kappa shape index (κ2) is 8.09. The zero-order valence-corrected chi connectivity index (χ0v) is 12.1. The van der Waals surface area contributed by atoms with E-state index < -0.39 is 0 Å². The van der Waals surface area contributed by atoms with Crippen molar-refractivity contribution in [1.29, 1.82) is 0 Å². The first-order chi connectivity index (χ1) is 8.58. The molecule has 18 heavy (non-hydrogen) atoms. The van der Waals surface area contributed by atoms with Gasteiger partial charge in [0.2, 0.25) is 0 Å². The number of hydrogen-bond donors (Lipinski definition) is 1. The predicted molar refractivity (Wildman–Crippen MR) is 75.7 cm³/mol. The topological polar surface area (TPSA) is 34.1 Å². The highest BCUT2D eigenvalue weighted by Crippen LogP contribution is 2.12. The Morgan fingerprint density at radius 1 is 1.22 bits per heavy atom. The lowest BCUT2D eigenvalue weighted by Gasteiger charge is -2.10. The molecule has 0 aromatic carbocycles. The molecule has 0 fully saturated rings. The van der Waals surface area contributed by atoms with Crippen molar-refractivity contribution in [1.82, 2.24) is 10.3 Å². The lowest BCUT2D eigenvalue weighted by Crippen LogP contribution is -2.19. The third-order valence-electron chi connectivity index (χ3n) is 2.61. The first-order valence-electron chi connectivity index (χ1n) is 6.86. The van der Waals surface area contributed by atoms with Crippen LogP contribution >= 0.6 is 0 Å². The van der Waals surface area contributed by atoms with Crippen LogP contribution < -0.4 is 10.1 Å². The van der Waals surface area contributed by atoms with E-state index in [-0.39, 0.29) is 0 Å². The maximum Gasteiger partial charge on any atom is 0.122 e. The van der Waals surface area contributed by atoms with E-state index in [0.29, 0.717) is 11.8 Å². The lowest BCUT2D eigenvalue weighted by atomic mass is 10.1. The van der Waals surface area contributed by atoms with E-state index in [2.05, 4.69) is 38.0 Å². The van der Waals surface area contributed by atoms with Crippen molar-refractivity contribution in [2.45, 2.75) is 40.7 Å². The molecule has 0 bridgehead atoms. The molecule has 1 aromatic rings. The van der Waals surface area contributed by atoms with E-state index in [1.54, 1.807) is 0 Å². The highest BCUT2D eigenvalue weighted by Gasteiger charge is 2.00. The maximum atomic E-state index is 5.72. The Hall–Kier alpha value is -1.09. The van der Waals surface area contributed by atoms with E-state index in [1.807, 2.05) is 18.3 Å². The predicted octanol–water partition coefficient (Wildman–Crippen LogP) is 3.25. The summed E-state index contributed by atoms with van der Waals surface area (Å²) in [7, 11) is 0. The summed E-state index contributed by atoms with van der Waals surface area (Å²) in [6, 6.07) is 3.94. The second-order valence-corrected chi connectivity index (χ2v) is 5.54. The van der Waals surface area contributed by atoms with Crippen molar-refractivity contribution >= 4 is 0 Å². The van der Waals surface area contributed by atoms with Gasteiger partial charge < -0.3 is 10.1 Å². The Morgan fingerprint density at radius 3 is 2.67 bits per heavy atom. The fraction of sp³-hybridized carbons (Fsp3) is 0.667. The zero-order valence-electron chi connectivity index (χ0n) is 12.1. The number of rotatable bonds is 8. The molecule has 0 radical (unpaired) electrons. The maximum absolute atomic E-state index is 5.72. The molecule has 0 spiro atoms. The minimum Gasteiger partial charge on any atom is -0.493 e. The molecular weight excluding hydrogens is 224 g/mol. The molecule has 0 saturated carbocycles. The lowest BCUT2D eigenvalue weighted by molar-refractivity contribution is 0.289. The van der Waals surface area contributed by atoms with Crippen LogP contribution in [0.1, 0.15) is 39.8 Å². The van der Waals surface area contributed by atoms with Gasteiger partial charge >= 0.3 is 0 Å². The van der Waals surface area contributed by atoms with Crippen LogP contribution in [0.15, 0.2) is 18.3 Å². The first kappa shape index (κ1) is 15.0. The van der Waals surface area contributed by atoms with Crippen LogP contribution in [0.25, 0.3) is 0 Å². The molecule has 0 amide bonds. The van der Waals surface area contributed by atoms with Crippen molar-refractivity contribution in [3.05, 3.63) is 24.0 Å². The van der Waals surface area contributed by atoms with E-state index in [0.717, 1.165) is 37.6 Å². The third kappa shape index (κ3) is 6.60. The number of nitrogens with one attached hydrogen (secondary N) is 1. The molecule has 0 aliphatic carbocycles. The van der Waals surface area contributed by atoms with Crippen LogP contribution in [0.3, 0.4) is 0 Å². The molecule has 1 rings (SSSR count). The Morgan fingerprint density at radius 2 is 2.00 bits per heavy atom. The molecule has 0 aliphatic heterocycles. The molecule has 0 aliphatic rings. The van der Waals surface area contributed by atoms with Crippen LogP contribution in [0.4, 0.5) is 0 Å². The van der Waals surface area contributed by atoms with E-state index in [9.17, 15) is 0 Å². The Bertz CT molecular complexity index is 308. The van der Waals surface area contributed by atoms with Gasteiger partial charge in [0, 0.05) is 18.8 Å². The molecule has 1 heterocycles. The summed E-state index contributed by atoms with van der Waals surface area (Å²) in [5.41, 5.74) is 1.04. The average Bonchev–Trinajstić information content (AvgIpc) is 2.28. The summed E-state index contributed by atoms with van der Waals surface area (Å²) >= 11 is 0. The van der Waals surface area contributed by atoms with Gasteiger partial charge in [-0.05, 0) is 30.9 Å². The number of pyridine rings is 1. The molecule has 3 heteroatoms. The van der Waals surface area contributed by atoms with Gasteiger partial charge in [-0.2, -0.15) is 0 Å². The van der Waals surface area contributed by atoms with Gasteiger partial charge in [-0.25, -0.2) is 0 Å². The van der Waals surface area contributed by atoms with Gasteiger partial charge in [-0.15, -0.1) is 0 Å². The van der Waals surface area contributed by atoms with Crippen LogP contribution in [0, 0.1) is 11.8 Å². The summed E-state index contributed by atoms with van der Waals surface area (Å²) in [5.74, 6) is 2.27. The van der Waals surface area contributed by atoms with Crippen LogP contribution in [-0.2, 0) is 6.54 Å². The molecule has 3 nitrogen and oxygen atoms in total. The fourth-order valence-electron chi connectivity index (χ4n) is 1.54. The smallest absolute Gasteiger partial charge is 0.122 e. The summed E-state index contributed by atoms with van der Waals surface area (Å²) in [6.07, 6.45) is 2.90. The van der Waals surface area contributed by atoms with Gasteiger partial charge in [-0.3, -0.25) is 4.98 Å². The van der Waals surface area contributed by atoms with Crippen molar-refractivity contribution in [3.63, 3.8) is 0 Å². The molecule has 1 N–H and O–H groups in total. The first-order valence-corrected chi connectivity index (χ1v) is 6.86. The SMILES string of the molecule is CC(C)CCOc1ccnc(CNCC(C)C)c1. The molecule has 1 aromatic heterocycles. The van der Waals surface area contributed by atoms with Gasteiger partial charge in [0.1, 0.15) is 5.75 Å². The van der Waals surface area contributed by atoms with Crippen LogP contribution in [0.5, 0.6) is 5.75 Å². The molecule has 0 atom stereocenters. The van der Waals surface area contributed by atoms with Gasteiger partial charge in [0.15, 0.2) is 0 Å². The monoisotopic (exact) mass is 250 g/mol. The van der Waals surface area contributed by atoms with Gasteiger partial charge in [-0.1, -0.05) is 27.7 Å². The van der Waals surface area contributed by atoms with Crippen molar-refractivity contribution < 1.29 is 4.74 Å². The van der Waals surface area contributed by atoms with Gasteiger partial charge in [0.05, 0.1) is 12.3 Å². The Labute approximate surface area is 111 Å². The van der Waals surface area contributed by atoms with E-state index in [4.69, 9.17) is 4.74 Å². The molecule has 0 unspecified atom stereocenters. The summed E-state index contributed by atoms with van der Waals surface area (Å²) < 4.78 is 5.72. The number of nitrogens with zero attached hydrogens (tertiary/aromatic N) is 1. The zero-order chi connectivity index (χ0) is 13.4. The van der Waals surface area contributed by atoms with E-state index in [1.165, 1.54) is 0 Å². The number of ether oxygens (including phenoxy) is 1. The van der Waals surface area contributed by atoms with Crippen molar-refractivity contribution in [3.8, 4) is 5.75 Å². The van der Waals surface area contributed by atoms with Crippen molar-refractivity contribution in [2.75, 3.05) is 13.2 Å². The molecular formula is C15H26N2O. The van der Waals surface area contributed by atoms with Gasteiger partial charge in [0.25, 0.3) is 0 Å². The average molecular weight is 250 g/mol. The normalized spacial score (nSPS) is 11.2. The van der Waals surface area contributed by atoms with Crippen LogP contribution in [-0.4, -0.2) is 18.1 Å².